The maximum absolute atomic E-state index is 9.70. The molecule has 2 aliphatic heterocycles. The fourth-order valence-electron chi connectivity index (χ4n) is 5.91. The topological polar surface area (TPSA) is 92.8 Å². The molecule has 208 valence electrons. The molecule has 0 atom stereocenters. The van der Waals surface area contributed by atoms with Crippen molar-refractivity contribution in [2.45, 2.75) is 0 Å². The number of allylic oxidation sites excluding steroid dienone is 1. The summed E-state index contributed by atoms with van der Waals surface area (Å²) in [7, 11) is 0. The Balaban J connectivity index is 1.36. The first-order chi connectivity index (χ1) is 21.7. The van der Waals surface area contributed by atoms with E-state index in [0.717, 1.165) is 39.3 Å². The Bertz CT molecular complexity index is 2050. The maximum Gasteiger partial charge on any atom is 0.239 e. The van der Waals surface area contributed by atoms with Gasteiger partial charge in [-0.1, -0.05) is 115 Å². The van der Waals surface area contributed by atoms with E-state index in [1.165, 1.54) is 0 Å². The molecule has 44 heavy (non-hydrogen) atoms. The number of hydrogen-bond acceptors (Lipinski definition) is 6. The van der Waals surface area contributed by atoms with Crippen LogP contribution in [0.15, 0.2) is 145 Å². The minimum atomic E-state index is 0.198. The molecule has 0 radical (unpaired) electrons. The van der Waals surface area contributed by atoms with Gasteiger partial charge in [0.2, 0.25) is 5.95 Å². The Labute approximate surface area is 254 Å². The van der Waals surface area contributed by atoms with Crippen LogP contribution in [-0.2, 0) is 0 Å². The predicted octanol–water partition coefficient (Wildman–Crippen LogP) is 8.27. The van der Waals surface area contributed by atoms with Gasteiger partial charge in [-0.05, 0) is 24.3 Å². The summed E-state index contributed by atoms with van der Waals surface area (Å²) in [5, 5.41) is 19.1. The van der Waals surface area contributed by atoms with Gasteiger partial charge in [0.25, 0.3) is 0 Å². The normalized spacial score (nSPS) is 15.5. The third-order valence-electron chi connectivity index (χ3n) is 7.89. The largest absolute Gasteiger partial charge is 0.307 e. The van der Waals surface area contributed by atoms with Gasteiger partial charge in [0.05, 0.1) is 28.4 Å². The van der Waals surface area contributed by atoms with Gasteiger partial charge in [-0.3, -0.25) is 15.7 Å². The number of nitrogens with one attached hydrogen (secondary N) is 2. The first-order valence-electron chi connectivity index (χ1n) is 14.3. The Kier molecular flexibility index (Phi) is 5.94. The first-order valence-corrected chi connectivity index (χ1v) is 14.3. The number of aromatic nitrogens is 3. The number of nitrogens with zero attached hydrogens (tertiary/aromatic N) is 5. The SMILES string of the molecule is N=C1/C(=C2\C(=N)N(c3nc(-c4ccccc4)nc(-c4ccccc4)n3)c3ccccc32)N(c2ccccc2)c2ccccc21. The molecule has 0 amide bonds. The number of amidine groups is 1. The molecule has 5 aromatic carbocycles. The van der Waals surface area contributed by atoms with Crippen molar-refractivity contribution in [3.8, 4) is 22.8 Å². The Morgan fingerprint density at radius 1 is 0.455 bits per heavy atom. The zero-order chi connectivity index (χ0) is 29.6. The van der Waals surface area contributed by atoms with Crippen LogP contribution >= 0.6 is 0 Å². The first kappa shape index (κ1) is 25.5. The smallest absolute Gasteiger partial charge is 0.239 e. The van der Waals surface area contributed by atoms with Crippen molar-refractivity contribution < 1.29 is 0 Å². The third kappa shape index (κ3) is 4.02. The molecule has 0 unspecified atom stereocenters. The van der Waals surface area contributed by atoms with E-state index >= 15 is 0 Å². The highest BCUT2D eigenvalue weighted by atomic mass is 15.3. The van der Waals surface area contributed by atoms with E-state index in [1.807, 2.05) is 140 Å². The van der Waals surface area contributed by atoms with Gasteiger partial charge in [-0.2, -0.15) is 9.97 Å². The number of fused-ring (bicyclic) bond motifs is 2. The fourth-order valence-corrected chi connectivity index (χ4v) is 5.91. The zero-order valence-corrected chi connectivity index (χ0v) is 23.5. The molecule has 1 aromatic heterocycles. The van der Waals surface area contributed by atoms with Crippen LogP contribution < -0.4 is 9.80 Å². The second-order valence-corrected chi connectivity index (χ2v) is 10.5. The monoisotopic (exact) mass is 567 g/mol. The molecular weight excluding hydrogens is 542 g/mol. The summed E-state index contributed by atoms with van der Waals surface area (Å²) in [5.41, 5.74) is 7.65. The minimum Gasteiger partial charge on any atom is -0.307 e. The Morgan fingerprint density at radius 2 is 0.932 bits per heavy atom. The maximum atomic E-state index is 9.70. The molecule has 3 heterocycles. The molecular formula is C37H25N7. The molecule has 0 fully saturated rings. The molecule has 0 saturated heterocycles. The summed E-state index contributed by atoms with van der Waals surface area (Å²) in [4.78, 5) is 18.6. The van der Waals surface area contributed by atoms with Crippen LogP contribution in [0.5, 0.6) is 0 Å². The fraction of sp³-hybridized carbons (Fsp3) is 0. The molecule has 0 bridgehead atoms. The number of rotatable bonds is 4. The van der Waals surface area contributed by atoms with Crippen molar-refractivity contribution in [2.75, 3.05) is 9.80 Å². The summed E-state index contributed by atoms with van der Waals surface area (Å²) in [6.07, 6.45) is 0. The lowest BCUT2D eigenvalue weighted by Crippen LogP contribution is -2.26. The Hall–Kier alpha value is -6.21. The number of benzene rings is 5. The predicted molar refractivity (Wildman–Crippen MR) is 176 cm³/mol. The van der Waals surface area contributed by atoms with Crippen LogP contribution in [0.4, 0.5) is 23.0 Å². The van der Waals surface area contributed by atoms with Crippen molar-refractivity contribution in [3.05, 3.63) is 156 Å². The van der Waals surface area contributed by atoms with Gasteiger partial charge < -0.3 is 4.90 Å². The van der Waals surface area contributed by atoms with Gasteiger partial charge in [0.15, 0.2) is 11.6 Å². The van der Waals surface area contributed by atoms with Crippen molar-refractivity contribution >= 4 is 40.1 Å². The molecule has 7 heteroatoms. The van der Waals surface area contributed by atoms with Crippen LogP contribution in [0.3, 0.4) is 0 Å². The van der Waals surface area contributed by atoms with Gasteiger partial charge in [0.1, 0.15) is 5.84 Å². The molecule has 2 aliphatic rings. The highest BCUT2D eigenvalue weighted by Crippen LogP contribution is 2.48. The number of para-hydroxylation sites is 3. The second-order valence-electron chi connectivity index (χ2n) is 10.5. The highest BCUT2D eigenvalue weighted by molar-refractivity contribution is 6.42. The highest BCUT2D eigenvalue weighted by Gasteiger charge is 2.41. The standard InChI is InChI=1S/C37H25N7/c38-32-28-21-11-13-23-30(28)43(26-18-8-3-9-19-26)33(32)31-27-20-10-12-22-29(27)44(34(31)39)37-41-35(24-14-4-1-5-15-24)40-36(42-37)25-16-6-2-7-17-25/h1-23,38-39H/b33-31+,38-32?,39-34?. The van der Waals surface area contributed by atoms with E-state index in [2.05, 4.69) is 4.90 Å². The van der Waals surface area contributed by atoms with Crippen LogP contribution in [0, 0.1) is 10.8 Å². The van der Waals surface area contributed by atoms with Gasteiger partial charge in [-0.15, -0.1) is 0 Å². The molecule has 0 aliphatic carbocycles. The minimum absolute atomic E-state index is 0.198. The van der Waals surface area contributed by atoms with E-state index in [-0.39, 0.29) is 5.84 Å². The third-order valence-corrected chi connectivity index (χ3v) is 7.89. The average Bonchev–Trinajstić information content (AvgIpc) is 3.55. The van der Waals surface area contributed by atoms with E-state index in [4.69, 9.17) is 15.0 Å². The zero-order valence-electron chi connectivity index (χ0n) is 23.5. The van der Waals surface area contributed by atoms with Gasteiger partial charge >= 0.3 is 0 Å². The lowest BCUT2D eigenvalue weighted by Gasteiger charge is -2.23. The summed E-state index contributed by atoms with van der Waals surface area (Å²) in [6.45, 7) is 0. The molecule has 8 rings (SSSR count). The van der Waals surface area contributed by atoms with E-state index in [0.29, 0.717) is 34.6 Å². The Morgan fingerprint density at radius 3 is 1.52 bits per heavy atom. The summed E-state index contributed by atoms with van der Waals surface area (Å²) < 4.78 is 0. The van der Waals surface area contributed by atoms with Gasteiger partial charge in [-0.25, -0.2) is 4.98 Å². The van der Waals surface area contributed by atoms with Crippen molar-refractivity contribution in [1.29, 1.82) is 10.8 Å². The van der Waals surface area contributed by atoms with E-state index in [9.17, 15) is 10.8 Å². The summed E-state index contributed by atoms with van der Waals surface area (Å²) in [6, 6.07) is 45.5. The number of hydrogen-bond donors (Lipinski definition) is 2. The van der Waals surface area contributed by atoms with Crippen molar-refractivity contribution in [2.24, 2.45) is 0 Å². The molecule has 2 N–H and O–H groups in total. The molecule has 0 spiro atoms. The molecule has 6 aromatic rings. The van der Waals surface area contributed by atoms with Crippen LogP contribution in [0.1, 0.15) is 11.1 Å². The van der Waals surface area contributed by atoms with Gasteiger partial charge in [0, 0.05) is 27.9 Å². The average molecular weight is 568 g/mol. The second kappa shape index (κ2) is 10.3. The van der Waals surface area contributed by atoms with Crippen LogP contribution in [0.25, 0.3) is 28.3 Å². The quantitative estimate of drug-likeness (QED) is 0.224. The number of anilines is 4. The van der Waals surface area contributed by atoms with Crippen LogP contribution in [0.2, 0.25) is 0 Å². The van der Waals surface area contributed by atoms with Crippen molar-refractivity contribution in [1.82, 2.24) is 15.0 Å². The summed E-state index contributed by atoms with van der Waals surface area (Å²) in [5.74, 6) is 1.59. The van der Waals surface area contributed by atoms with E-state index in [1.54, 1.807) is 4.90 Å². The lowest BCUT2D eigenvalue weighted by molar-refractivity contribution is 1.04. The van der Waals surface area contributed by atoms with Crippen molar-refractivity contribution in [3.63, 3.8) is 0 Å². The molecule has 7 nitrogen and oxygen atoms in total. The van der Waals surface area contributed by atoms with Crippen LogP contribution in [-0.4, -0.2) is 26.5 Å². The lowest BCUT2D eigenvalue weighted by atomic mass is 10.0. The summed E-state index contributed by atoms with van der Waals surface area (Å²) >= 11 is 0. The molecule has 0 saturated carbocycles. The van der Waals surface area contributed by atoms with E-state index < -0.39 is 0 Å².